The predicted molar refractivity (Wildman–Crippen MR) is 82.2 cm³/mol. The standard InChI is InChI=1S/C17H16N2O5/c1-9-14(11(3)24-18-9)8-23-17(22)10(2)19-15(20)12-6-4-5-7-13(12)16(19)21/h4-7,10H,8H2,1-3H3. The molecule has 1 unspecified atom stereocenters. The molecule has 1 aromatic heterocycles. The zero-order valence-corrected chi connectivity index (χ0v) is 13.5. The summed E-state index contributed by atoms with van der Waals surface area (Å²) < 4.78 is 10.2. The van der Waals surface area contributed by atoms with E-state index in [1.807, 2.05) is 0 Å². The molecule has 0 saturated heterocycles. The van der Waals surface area contributed by atoms with Crippen molar-refractivity contribution in [1.29, 1.82) is 0 Å². The van der Waals surface area contributed by atoms with Crippen LogP contribution in [0.25, 0.3) is 0 Å². The van der Waals surface area contributed by atoms with Crippen LogP contribution in [0.15, 0.2) is 28.8 Å². The van der Waals surface area contributed by atoms with Crippen molar-refractivity contribution >= 4 is 17.8 Å². The zero-order valence-electron chi connectivity index (χ0n) is 13.5. The Morgan fingerprint density at radius 2 is 1.79 bits per heavy atom. The molecule has 1 aliphatic heterocycles. The number of hydrogen-bond acceptors (Lipinski definition) is 6. The Bertz CT molecular complexity index is 785. The number of esters is 1. The number of nitrogens with zero attached hydrogens (tertiary/aromatic N) is 2. The fourth-order valence-corrected chi connectivity index (χ4v) is 2.64. The summed E-state index contributed by atoms with van der Waals surface area (Å²) in [6.45, 7) is 4.91. The summed E-state index contributed by atoms with van der Waals surface area (Å²) in [5.74, 6) is -1.08. The van der Waals surface area contributed by atoms with Crippen molar-refractivity contribution in [2.45, 2.75) is 33.4 Å². The maximum absolute atomic E-state index is 12.4. The van der Waals surface area contributed by atoms with Crippen molar-refractivity contribution in [1.82, 2.24) is 10.1 Å². The summed E-state index contributed by atoms with van der Waals surface area (Å²) in [5, 5.41) is 3.78. The average molecular weight is 328 g/mol. The highest BCUT2D eigenvalue weighted by Crippen LogP contribution is 2.25. The minimum atomic E-state index is -1.02. The number of carbonyl (C=O) groups excluding carboxylic acids is 3. The van der Waals surface area contributed by atoms with Crippen molar-refractivity contribution in [3.05, 3.63) is 52.4 Å². The largest absolute Gasteiger partial charge is 0.459 e. The fourth-order valence-electron chi connectivity index (χ4n) is 2.64. The minimum Gasteiger partial charge on any atom is -0.459 e. The third-order valence-electron chi connectivity index (χ3n) is 4.09. The molecule has 7 heteroatoms. The van der Waals surface area contributed by atoms with Gasteiger partial charge in [-0.2, -0.15) is 0 Å². The molecule has 124 valence electrons. The molecule has 1 atom stereocenters. The summed E-state index contributed by atoms with van der Waals surface area (Å²) in [6, 6.07) is 5.47. The lowest BCUT2D eigenvalue weighted by atomic mass is 10.1. The van der Waals surface area contributed by atoms with Gasteiger partial charge in [-0.25, -0.2) is 4.79 Å². The van der Waals surface area contributed by atoms with Crippen LogP contribution in [0.2, 0.25) is 0 Å². The van der Waals surface area contributed by atoms with Gasteiger partial charge in [-0.05, 0) is 32.9 Å². The van der Waals surface area contributed by atoms with E-state index in [0.717, 1.165) is 4.90 Å². The number of ether oxygens (including phenoxy) is 1. The maximum atomic E-state index is 12.4. The number of aromatic nitrogens is 1. The molecule has 0 fully saturated rings. The van der Waals surface area contributed by atoms with Crippen LogP contribution in [0.3, 0.4) is 0 Å². The van der Waals surface area contributed by atoms with Crippen molar-refractivity contribution in [2.75, 3.05) is 0 Å². The molecule has 0 N–H and O–H groups in total. The Morgan fingerprint density at radius 1 is 1.21 bits per heavy atom. The SMILES string of the molecule is Cc1noc(C)c1COC(=O)C(C)N1C(=O)c2ccccc2C1=O. The lowest BCUT2D eigenvalue weighted by molar-refractivity contribution is -0.149. The molecule has 0 spiro atoms. The molecule has 0 bridgehead atoms. The minimum absolute atomic E-state index is 0.0203. The van der Waals surface area contributed by atoms with Crippen LogP contribution < -0.4 is 0 Å². The fraction of sp³-hybridized carbons (Fsp3) is 0.294. The molecule has 2 amide bonds. The Balaban J connectivity index is 1.73. The van der Waals surface area contributed by atoms with Crippen LogP contribution in [-0.4, -0.2) is 33.9 Å². The first-order valence-electron chi connectivity index (χ1n) is 7.47. The third-order valence-corrected chi connectivity index (χ3v) is 4.09. The molecular weight excluding hydrogens is 312 g/mol. The maximum Gasteiger partial charge on any atom is 0.329 e. The van der Waals surface area contributed by atoms with Gasteiger partial charge in [0.05, 0.1) is 22.4 Å². The first-order chi connectivity index (χ1) is 11.4. The van der Waals surface area contributed by atoms with Crippen LogP contribution in [0.1, 0.15) is 44.7 Å². The van der Waals surface area contributed by atoms with E-state index in [4.69, 9.17) is 9.26 Å². The predicted octanol–water partition coefficient (Wildman–Crippen LogP) is 2.02. The van der Waals surface area contributed by atoms with Crippen LogP contribution >= 0.6 is 0 Å². The summed E-state index contributed by atoms with van der Waals surface area (Å²) in [7, 11) is 0. The van der Waals surface area contributed by atoms with Crippen molar-refractivity contribution < 1.29 is 23.6 Å². The molecule has 0 radical (unpaired) electrons. The van der Waals surface area contributed by atoms with E-state index in [0.29, 0.717) is 28.1 Å². The van der Waals surface area contributed by atoms with Crippen molar-refractivity contribution in [3.63, 3.8) is 0 Å². The van der Waals surface area contributed by atoms with Gasteiger partial charge in [0.1, 0.15) is 18.4 Å². The summed E-state index contributed by atoms with van der Waals surface area (Å²) in [5.41, 5.74) is 1.91. The van der Waals surface area contributed by atoms with E-state index in [1.165, 1.54) is 6.92 Å². The topological polar surface area (TPSA) is 89.7 Å². The lowest BCUT2D eigenvalue weighted by Crippen LogP contribution is -2.43. The Hall–Kier alpha value is -2.96. The number of amides is 2. The summed E-state index contributed by atoms with van der Waals surface area (Å²) >= 11 is 0. The molecule has 0 saturated carbocycles. The first kappa shape index (κ1) is 15.9. The second kappa shape index (κ2) is 5.92. The number of carbonyl (C=O) groups is 3. The number of benzene rings is 1. The van der Waals surface area contributed by atoms with Gasteiger partial charge in [-0.1, -0.05) is 17.3 Å². The quantitative estimate of drug-likeness (QED) is 0.630. The van der Waals surface area contributed by atoms with Gasteiger partial charge < -0.3 is 9.26 Å². The number of hydrogen-bond donors (Lipinski definition) is 0. The average Bonchev–Trinajstić information content (AvgIpc) is 3.03. The van der Waals surface area contributed by atoms with E-state index < -0.39 is 23.8 Å². The van der Waals surface area contributed by atoms with Crippen molar-refractivity contribution in [2.24, 2.45) is 0 Å². The smallest absolute Gasteiger partial charge is 0.329 e. The van der Waals surface area contributed by atoms with Crippen LogP contribution in [0, 0.1) is 13.8 Å². The van der Waals surface area contributed by atoms with Crippen LogP contribution in [0.4, 0.5) is 0 Å². The molecule has 2 heterocycles. The second-order valence-electron chi connectivity index (χ2n) is 5.61. The number of imide groups is 1. The highest BCUT2D eigenvalue weighted by Gasteiger charge is 2.41. The lowest BCUT2D eigenvalue weighted by Gasteiger charge is -2.20. The molecule has 1 aliphatic rings. The number of aryl methyl sites for hydroxylation is 2. The highest BCUT2D eigenvalue weighted by atomic mass is 16.5. The monoisotopic (exact) mass is 328 g/mol. The van der Waals surface area contributed by atoms with Gasteiger partial charge in [-0.3, -0.25) is 14.5 Å². The van der Waals surface area contributed by atoms with E-state index in [2.05, 4.69) is 5.16 Å². The molecule has 0 aliphatic carbocycles. The third kappa shape index (κ3) is 2.47. The van der Waals surface area contributed by atoms with E-state index >= 15 is 0 Å². The number of rotatable bonds is 4. The van der Waals surface area contributed by atoms with Crippen LogP contribution in [0.5, 0.6) is 0 Å². The van der Waals surface area contributed by atoms with Gasteiger partial charge in [0.2, 0.25) is 0 Å². The molecule has 1 aromatic carbocycles. The van der Waals surface area contributed by atoms with E-state index in [9.17, 15) is 14.4 Å². The number of fused-ring (bicyclic) bond motifs is 1. The van der Waals surface area contributed by atoms with Gasteiger partial charge in [0, 0.05) is 0 Å². The Morgan fingerprint density at radius 3 is 2.29 bits per heavy atom. The summed E-state index contributed by atoms with van der Waals surface area (Å²) in [6.07, 6.45) is 0. The van der Waals surface area contributed by atoms with E-state index in [1.54, 1.807) is 38.1 Å². The van der Waals surface area contributed by atoms with Crippen molar-refractivity contribution in [3.8, 4) is 0 Å². The molecule has 2 aromatic rings. The Kier molecular flexibility index (Phi) is 3.92. The van der Waals surface area contributed by atoms with E-state index in [-0.39, 0.29) is 6.61 Å². The summed E-state index contributed by atoms with van der Waals surface area (Å²) in [4.78, 5) is 37.9. The van der Waals surface area contributed by atoms with Gasteiger partial charge in [0.25, 0.3) is 11.8 Å². The van der Waals surface area contributed by atoms with Gasteiger partial charge in [-0.15, -0.1) is 0 Å². The van der Waals surface area contributed by atoms with Gasteiger partial charge in [0.15, 0.2) is 0 Å². The molecule has 7 nitrogen and oxygen atoms in total. The zero-order chi connectivity index (χ0) is 17.4. The molecule has 3 rings (SSSR count). The molecule has 24 heavy (non-hydrogen) atoms. The normalized spacial score (nSPS) is 14.7. The second-order valence-corrected chi connectivity index (χ2v) is 5.61. The van der Waals surface area contributed by atoms with Gasteiger partial charge >= 0.3 is 5.97 Å². The highest BCUT2D eigenvalue weighted by molar-refractivity contribution is 6.22. The first-order valence-corrected chi connectivity index (χ1v) is 7.47. The van der Waals surface area contributed by atoms with Crippen LogP contribution in [-0.2, 0) is 16.1 Å². The Labute approximate surface area is 138 Å². The molecular formula is C17H16N2O5.